The highest BCUT2D eigenvalue weighted by Gasteiger charge is 2.41. The fourth-order valence-corrected chi connectivity index (χ4v) is 12.3. The number of hydrogen-bond donors (Lipinski definition) is 1. The molecule has 0 atom stereocenters. The minimum Gasteiger partial charge on any atom is -0.355 e. The molecule has 2 aliphatic carbocycles. The van der Waals surface area contributed by atoms with Crippen LogP contribution in [0.4, 0.5) is 28.4 Å². The molecule has 3 aliphatic rings. The number of fused-ring (bicyclic) bond motifs is 7. The van der Waals surface area contributed by atoms with Gasteiger partial charge in [0.1, 0.15) is 0 Å². The molecule has 2 heterocycles. The van der Waals surface area contributed by atoms with Gasteiger partial charge in [0, 0.05) is 38.1 Å². The number of hydrogen-bond acceptors (Lipinski definition) is 3. The van der Waals surface area contributed by atoms with E-state index >= 15 is 0 Å². The van der Waals surface area contributed by atoms with E-state index < -0.39 is 0 Å². The van der Waals surface area contributed by atoms with Crippen LogP contribution in [0.1, 0.15) is 141 Å². The highest BCUT2D eigenvalue weighted by atomic mass is 32.1. The highest BCUT2D eigenvalue weighted by Crippen LogP contribution is 2.54. The zero-order chi connectivity index (χ0) is 43.9. The number of rotatable bonds is 4. The second-order valence-electron chi connectivity index (χ2n) is 22.8. The van der Waals surface area contributed by atoms with Crippen molar-refractivity contribution in [3.05, 3.63) is 136 Å². The van der Waals surface area contributed by atoms with Crippen LogP contribution in [0.2, 0.25) is 0 Å². The molecule has 0 spiro atoms. The van der Waals surface area contributed by atoms with Crippen molar-refractivity contribution in [2.75, 3.05) is 10.2 Å². The fraction of sp³-hybridized carbons (Fsp3) is 0.379. The van der Waals surface area contributed by atoms with Gasteiger partial charge in [0.2, 0.25) is 7.28 Å². The Hall–Kier alpha value is -4.80. The van der Waals surface area contributed by atoms with Crippen molar-refractivity contribution >= 4 is 78.2 Å². The summed E-state index contributed by atoms with van der Waals surface area (Å²) in [6.07, 6.45) is 4.79. The van der Waals surface area contributed by atoms with Gasteiger partial charge in [0.25, 0.3) is 0 Å². The second-order valence-corrected chi connectivity index (χ2v) is 23.9. The number of anilines is 5. The van der Waals surface area contributed by atoms with Gasteiger partial charge in [-0.1, -0.05) is 137 Å². The molecule has 0 saturated heterocycles. The first-order valence-electron chi connectivity index (χ1n) is 23.1. The molecule has 1 radical (unpaired) electrons. The van der Waals surface area contributed by atoms with Crippen LogP contribution in [0, 0.1) is 13.8 Å². The normalized spacial score (nSPS) is 18.1. The largest absolute Gasteiger partial charge is 0.355 e. The Morgan fingerprint density at radius 3 is 1.84 bits per heavy atom. The number of nitrogens with zero attached hydrogens (tertiary/aromatic N) is 1. The first-order valence-corrected chi connectivity index (χ1v) is 23.9. The van der Waals surface area contributed by atoms with E-state index in [1.54, 1.807) is 0 Å². The van der Waals surface area contributed by atoms with Gasteiger partial charge >= 0.3 is 0 Å². The maximum atomic E-state index is 3.98. The molecule has 4 heteroatoms. The zero-order valence-electron chi connectivity index (χ0n) is 39.5. The molecular weight excluding hydrogens is 768 g/mol. The fourth-order valence-electron chi connectivity index (χ4n) is 11.1. The van der Waals surface area contributed by atoms with Gasteiger partial charge in [0.05, 0.1) is 11.4 Å². The number of benzene rings is 6. The SMILES string of the molecule is Cc1cc(-c2ccc3ccccc3c2Nc2ccc(C(C)(C)C)cc2)c2c(c1)N(c1cc3c(cc1C)C(C)(C)CCC3(C)C)c1c(sc3cc4c(cc13)C(C)(C)CCC4(C)C)[B]2. The van der Waals surface area contributed by atoms with Crippen LogP contribution in [-0.2, 0) is 27.1 Å². The van der Waals surface area contributed by atoms with Crippen LogP contribution >= 0.6 is 11.3 Å². The van der Waals surface area contributed by atoms with Crippen molar-refractivity contribution in [2.45, 2.75) is 143 Å². The third-order valence-electron chi connectivity index (χ3n) is 15.4. The van der Waals surface area contributed by atoms with Gasteiger partial charge < -0.3 is 10.2 Å². The molecule has 10 rings (SSSR count). The van der Waals surface area contributed by atoms with Crippen LogP contribution in [-0.4, -0.2) is 7.28 Å². The average molecular weight is 832 g/mol. The molecule has 7 aromatic rings. The molecule has 6 aromatic carbocycles. The van der Waals surface area contributed by atoms with E-state index in [0.29, 0.717) is 0 Å². The molecule has 1 N–H and O–H groups in total. The third kappa shape index (κ3) is 6.56. The molecule has 1 aliphatic heterocycles. The Kier molecular flexibility index (Phi) is 9.21. The molecule has 0 fully saturated rings. The van der Waals surface area contributed by atoms with Crippen molar-refractivity contribution in [3.8, 4) is 11.1 Å². The summed E-state index contributed by atoms with van der Waals surface area (Å²) in [5, 5.41) is 7.82. The highest BCUT2D eigenvalue weighted by molar-refractivity contribution is 7.29. The third-order valence-corrected chi connectivity index (χ3v) is 16.4. The predicted octanol–water partition coefficient (Wildman–Crippen LogP) is 15.5. The molecule has 0 saturated carbocycles. The van der Waals surface area contributed by atoms with E-state index in [1.807, 2.05) is 11.3 Å². The Bertz CT molecular complexity index is 2970. The number of nitrogens with one attached hydrogen (secondary N) is 1. The van der Waals surface area contributed by atoms with Crippen molar-refractivity contribution in [1.82, 2.24) is 0 Å². The minimum absolute atomic E-state index is 0.0841. The summed E-state index contributed by atoms with van der Waals surface area (Å²) in [5.74, 6) is 0. The summed E-state index contributed by atoms with van der Waals surface area (Å²) < 4.78 is 2.72. The van der Waals surface area contributed by atoms with E-state index in [-0.39, 0.29) is 27.1 Å². The van der Waals surface area contributed by atoms with Crippen molar-refractivity contribution in [3.63, 3.8) is 0 Å². The van der Waals surface area contributed by atoms with E-state index in [4.69, 9.17) is 0 Å². The summed E-state index contributed by atoms with van der Waals surface area (Å²) in [7, 11) is 2.54. The predicted molar refractivity (Wildman–Crippen MR) is 273 cm³/mol. The Morgan fingerprint density at radius 1 is 0.597 bits per heavy atom. The number of thiophene rings is 1. The Morgan fingerprint density at radius 2 is 1.19 bits per heavy atom. The molecule has 0 amide bonds. The summed E-state index contributed by atoms with van der Waals surface area (Å²) in [5.41, 5.74) is 20.4. The lowest BCUT2D eigenvalue weighted by Crippen LogP contribution is -2.40. The van der Waals surface area contributed by atoms with Crippen LogP contribution in [0.25, 0.3) is 32.0 Å². The van der Waals surface area contributed by atoms with Crippen molar-refractivity contribution in [1.29, 1.82) is 0 Å². The maximum Gasteiger partial charge on any atom is 0.211 e. The maximum absolute atomic E-state index is 3.98. The Labute approximate surface area is 376 Å². The van der Waals surface area contributed by atoms with Crippen molar-refractivity contribution < 1.29 is 0 Å². The average Bonchev–Trinajstić information content (AvgIpc) is 3.57. The molecule has 0 bridgehead atoms. The lowest BCUT2D eigenvalue weighted by Gasteiger charge is -2.44. The first kappa shape index (κ1) is 41.2. The van der Waals surface area contributed by atoms with Crippen molar-refractivity contribution in [2.24, 2.45) is 0 Å². The topological polar surface area (TPSA) is 15.3 Å². The van der Waals surface area contributed by atoms with Gasteiger partial charge in [0.15, 0.2) is 0 Å². The molecule has 0 unspecified atom stereocenters. The lowest BCUT2D eigenvalue weighted by atomic mass is 9.61. The smallest absolute Gasteiger partial charge is 0.211 e. The minimum atomic E-state index is 0.0841. The first-order chi connectivity index (χ1) is 29.1. The van der Waals surface area contributed by atoms with Crippen LogP contribution < -0.4 is 20.5 Å². The number of aryl methyl sites for hydroxylation is 2. The monoisotopic (exact) mass is 831 g/mol. The quantitative estimate of drug-likeness (QED) is 0.178. The molecule has 1 aromatic heterocycles. The second kappa shape index (κ2) is 13.9. The molecule has 2 nitrogen and oxygen atoms in total. The summed E-state index contributed by atoms with van der Waals surface area (Å²) in [6, 6.07) is 37.8. The van der Waals surface area contributed by atoms with Gasteiger partial charge in [-0.15, -0.1) is 11.3 Å². The molecular formula is C58H64BN2S. The zero-order valence-corrected chi connectivity index (χ0v) is 40.3. The van der Waals surface area contributed by atoms with E-state index in [1.165, 1.54) is 124 Å². The lowest BCUT2D eigenvalue weighted by molar-refractivity contribution is 0.332. The molecule has 62 heavy (non-hydrogen) atoms. The summed E-state index contributed by atoms with van der Waals surface area (Å²) >= 11 is 1.98. The van der Waals surface area contributed by atoms with Crippen LogP contribution in [0.5, 0.6) is 0 Å². The van der Waals surface area contributed by atoms with Gasteiger partial charge in [-0.05, 0) is 163 Å². The Balaban J connectivity index is 1.25. The van der Waals surface area contributed by atoms with E-state index in [2.05, 4.69) is 205 Å². The summed E-state index contributed by atoms with van der Waals surface area (Å²) in [4.78, 5) is 2.69. The van der Waals surface area contributed by atoms with Gasteiger partial charge in [-0.3, -0.25) is 0 Å². The van der Waals surface area contributed by atoms with Gasteiger partial charge in [-0.2, -0.15) is 0 Å². The van der Waals surface area contributed by atoms with Crippen LogP contribution in [0.3, 0.4) is 0 Å². The van der Waals surface area contributed by atoms with Crippen LogP contribution in [0.15, 0.2) is 97.1 Å². The van der Waals surface area contributed by atoms with E-state index in [0.717, 1.165) is 11.4 Å². The molecule has 315 valence electrons. The summed E-state index contributed by atoms with van der Waals surface area (Å²) in [6.45, 7) is 31.2. The standard InChI is InChI=1S/C58H64BN2S/c1-34-28-41(40-23-18-36-16-14-15-17-39(36)51(40)60-38-21-19-37(20-22-38)54(3,4)5)50-48(29-34)61(47-32-45-43(30-35(47)2)55(6,7)24-26-57(45,10)11)52-42-31-44-46(33-49(42)62-53(52)59-50)58(12,13)27-25-56(44,8)9/h14-23,28-33,60H,24-27H2,1-13H3. The van der Waals surface area contributed by atoms with E-state index in [9.17, 15) is 0 Å². The van der Waals surface area contributed by atoms with Gasteiger partial charge in [-0.25, -0.2) is 0 Å².